The van der Waals surface area contributed by atoms with Gasteiger partial charge in [-0.05, 0) is 50.7 Å². The summed E-state index contributed by atoms with van der Waals surface area (Å²) in [5.74, 6) is 0.329. The molecule has 3 rings (SSSR count). The number of aryl methyl sites for hydroxylation is 3. The topological polar surface area (TPSA) is 68.1 Å². The Morgan fingerprint density at radius 2 is 2.08 bits per heavy atom. The second kappa shape index (κ2) is 6.64. The first-order valence-corrected chi connectivity index (χ1v) is 9.72. The molecule has 2 aromatic rings. The first-order chi connectivity index (χ1) is 11.4. The molecule has 3 heterocycles. The fraction of sp³-hybridized carbons (Fsp3) is 0.529. The highest BCUT2D eigenvalue weighted by Crippen LogP contribution is 2.27. The number of aromatic nitrogens is 3. The molecule has 0 amide bonds. The van der Waals surface area contributed by atoms with Gasteiger partial charge in [0.25, 0.3) is 0 Å². The maximum atomic E-state index is 12.9. The van der Waals surface area contributed by atoms with E-state index in [1.807, 2.05) is 19.2 Å². The number of piperidine rings is 1. The van der Waals surface area contributed by atoms with Gasteiger partial charge in [0.1, 0.15) is 4.90 Å². The minimum absolute atomic E-state index is 0.322. The summed E-state index contributed by atoms with van der Waals surface area (Å²) < 4.78 is 29.0. The van der Waals surface area contributed by atoms with E-state index < -0.39 is 10.0 Å². The first kappa shape index (κ1) is 17.1. The Balaban J connectivity index is 1.75. The van der Waals surface area contributed by atoms with Crippen LogP contribution in [0.5, 0.6) is 0 Å². The molecule has 1 saturated heterocycles. The van der Waals surface area contributed by atoms with Crippen LogP contribution in [0.4, 0.5) is 0 Å². The minimum atomic E-state index is -3.47. The molecule has 0 bridgehead atoms. The Morgan fingerprint density at radius 3 is 2.71 bits per heavy atom. The summed E-state index contributed by atoms with van der Waals surface area (Å²) in [6.07, 6.45) is 6.30. The Kier molecular flexibility index (Phi) is 4.73. The van der Waals surface area contributed by atoms with E-state index in [-0.39, 0.29) is 0 Å². The lowest BCUT2D eigenvalue weighted by Gasteiger charge is -2.31. The number of pyridine rings is 1. The molecule has 0 spiro atoms. The fourth-order valence-electron chi connectivity index (χ4n) is 3.33. The lowest BCUT2D eigenvalue weighted by atomic mass is 9.93. The number of hydrogen-bond acceptors (Lipinski definition) is 4. The van der Waals surface area contributed by atoms with Gasteiger partial charge in [-0.3, -0.25) is 9.67 Å². The van der Waals surface area contributed by atoms with E-state index in [4.69, 9.17) is 0 Å². The molecule has 1 fully saturated rings. The Bertz CT molecular complexity index is 812. The van der Waals surface area contributed by atoms with Crippen LogP contribution in [0.15, 0.2) is 29.4 Å². The van der Waals surface area contributed by atoms with Crippen LogP contribution in [0.25, 0.3) is 0 Å². The normalized spacial score (nSPS) is 19.5. The molecule has 0 aromatic carbocycles. The Labute approximate surface area is 143 Å². The minimum Gasteiger partial charge on any atom is -0.274 e. The van der Waals surface area contributed by atoms with Gasteiger partial charge in [-0.1, -0.05) is 6.07 Å². The highest BCUT2D eigenvalue weighted by Gasteiger charge is 2.32. The van der Waals surface area contributed by atoms with Gasteiger partial charge in [-0.25, -0.2) is 8.42 Å². The van der Waals surface area contributed by atoms with Crippen molar-refractivity contribution in [2.45, 2.75) is 38.0 Å². The third kappa shape index (κ3) is 3.52. The number of hydrogen-bond donors (Lipinski definition) is 0. The molecule has 0 N–H and O–H groups in total. The number of sulfonamides is 1. The van der Waals surface area contributed by atoms with E-state index in [2.05, 4.69) is 16.1 Å². The number of rotatable bonds is 4. The largest absolute Gasteiger partial charge is 0.274 e. The van der Waals surface area contributed by atoms with Crippen LogP contribution in [0.1, 0.15) is 29.8 Å². The third-order valence-corrected chi connectivity index (χ3v) is 6.53. The average molecular weight is 348 g/mol. The predicted molar refractivity (Wildman–Crippen MR) is 92.1 cm³/mol. The predicted octanol–water partition coefficient (Wildman–Crippen LogP) is 2.08. The van der Waals surface area contributed by atoms with Crippen LogP contribution >= 0.6 is 0 Å². The lowest BCUT2D eigenvalue weighted by molar-refractivity contribution is 0.265. The maximum absolute atomic E-state index is 12.9. The lowest BCUT2D eigenvalue weighted by Crippen LogP contribution is -2.40. The Morgan fingerprint density at radius 1 is 1.29 bits per heavy atom. The maximum Gasteiger partial charge on any atom is 0.246 e. The summed E-state index contributed by atoms with van der Waals surface area (Å²) in [4.78, 5) is 4.65. The molecule has 0 radical (unpaired) electrons. The van der Waals surface area contributed by atoms with Gasteiger partial charge in [-0.15, -0.1) is 0 Å². The highest BCUT2D eigenvalue weighted by molar-refractivity contribution is 7.89. The van der Waals surface area contributed by atoms with Gasteiger partial charge in [0.2, 0.25) is 10.0 Å². The van der Waals surface area contributed by atoms with Crippen LogP contribution in [-0.4, -0.2) is 40.6 Å². The molecule has 0 unspecified atom stereocenters. The van der Waals surface area contributed by atoms with Crippen LogP contribution < -0.4 is 0 Å². The quantitative estimate of drug-likeness (QED) is 0.848. The molecule has 6 nitrogen and oxygen atoms in total. The third-order valence-electron chi connectivity index (χ3n) is 4.56. The van der Waals surface area contributed by atoms with Crippen molar-refractivity contribution in [3.05, 3.63) is 41.5 Å². The second-order valence-electron chi connectivity index (χ2n) is 6.64. The monoisotopic (exact) mass is 348 g/mol. The van der Waals surface area contributed by atoms with E-state index in [9.17, 15) is 8.42 Å². The standard InChI is InChI=1S/C17H24N4O2S/c1-13-6-7-15(10-18-13)9-16-5-4-8-21(11-16)24(22,23)17-12-20(3)19-14(17)2/h6-7,10,12,16H,4-5,8-9,11H2,1-3H3/t16-/m0/s1. The summed E-state index contributed by atoms with van der Waals surface area (Å²) in [6, 6.07) is 4.09. The molecule has 24 heavy (non-hydrogen) atoms. The van der Waals surface area contributed by atoms with Crippen LogP contribution in [0.2, 0.25) is 0 Å². The summed E-state index contributed by atoms with van der Waals surface area (Å²) in [5.41, 5.74) is 2.73. The van der Waals surface area contributed by atoms with E-state index in [1.54, 1.807) is 29.2 Å². The van der Waals surface area contributed by atoms with E-state index in [0.29, 0.717) is 29.6 Å². The zero-order valence-corrected chi connectivity index (χ0v) is 15.3. The van der Waals surface area contributed by atoms with Crippen molar-refractivity contribution >= 4 is 10.0 Å². The molecule has 2 aromatic heterocycles. The summed E-state index contributed by atoms with van der Waals surface area (Å²) >= 11 is 0. The Hall–Kier alpha value is -1.73. The molecule has 1 atom stereocenters. The fourth-order valence-corrected chi connectivity index (χ4v) is 5.09. The van der Waals surface area contributed by atoms with Gasteiger partial charge in [0, 0.05) is 38.2 Å². The van der Waals surface area contributed by atoms with Crippen molar-refractivity contribution < 1.29 is 8.42 Å². The molecule has 0 saturated carbocycles. The van der Waals surface area contributed by atoms with Crippen molar-refractivity contribution in [2.75, 3.05) is 13.1 Å². The molecule has 130 valence electrons. The van der Waals surface area contributed by atoms with E-state index in [0.717, 1.165) is 25.0 Å². The molecule has 7 heteroatoms. The zero-order valence-electron chi connectivity index (χ0n) is 14.4. The molecular weight excluding hydrogens is 324 g/mol. The van der Waals surface area contributed by atoms with Crippen LogP contribution in [0.3, 0.4) is 0 Å². The van der Waals surface area contributed by atoms with Gasteiger partial charge < -0.3 is 0 Å². The highest BCUT2D eigenvalue weighted by atomic mass is 32.2. The van der Waals surface area contributed by atoms with Crippen molar-refractivity contribution in [1.29, 1.82) is 0 Å². The van der Waals surface area contributed by atoms with Crippen molar-refractivity contribution in [2.24, 2.45) is 13.0 Å². The van der Waals surface area contributed by atoms with Crippen LogP contribution in [-0.2, 0) is 23.5 Å². The summed E-state index contributed by atoms with van der Waals surface area (Å²) in [7, 11) is -1.72. The van der Waals surface area contributed by atoms with Gasteiger partial charge >= 0.3 is 0 Å². The molecule has 1 aliphatic rings. The SMILES string of the molecule is Cc1ccc(C[C@@H]2CCCN(S(=O)(=O)c3cn(C)nc3C)C2)cn1. The average Bonchev–Trinajstić information content (AvgIpc) is 2.89. The van der Waals surface area contributed by atoms with Crippen molar-refractivity contribution in [3.8, 4) is 0 Å². The van der Waals surface area contributed by atoms with E-state index in [1.165, 1.54) is 5.56 Å². The van der Waals surface area contributed by atoms with Crippen molar-refractivity contribution in [1.82, 2.24) is 19.1 Å². The van der Waals surface area contributed by atoms with Gasteiger partial charge in [0.05, 0.1) is 5.69 Å². The van der Waals surface area contributed by atoms with E-state index >= 15 is 0 Å². The van der Waals surface area contributed by atoms with Gasteiger partial charge in [-0.2, -0.15) is 9.40 Å². The van der Waals surface area contributed by atoms with Gasteiger partial charge in [0.15, 0.2) is 0 Å². The van der Waals surface area contributed by atoms with Crippen molar-refractivity contribution in [3.63, 3.8) is 0 Å². The van der Waals surface area contributed by atoms with Crippen LogP contribution in [0, 0.1) is 19.8 Å². The first-order valence-electron chi connectivity index (χ1n) is 8.28. The molecular formula is C17H24N4O2S. The molecule has 0 aliphatic carbocycles. The molecule has 1 aliphatic heterocycles. The number of nitrogens with zero attached hydrogens (tertiary/aromatic N) is 4. The zero-order chi connectivity index (χ0) is 17.3. The summed E-state index contributed by atoms with van der Waals surface area (Å²) in [5, 5.41) is 4.17. The second-order valence-corrected chi connectivity index (χ2v) is 8.54. The summed E-state index contributed by atoms with van der Waals surface area (Å²) in [6.45, 7) is 4.85. The smallest absolute Gasteiger partial charge is 0.246 e.